The van der Waals surface area contributed by atoms with Crippen molar-refractivity contribution in [3.05, 3.63) is 69.7 Å². The maximum absolute atomic E-state index is 12.2. The standard InChI is InChI=1S/C16H10Cl2N2O2S/c17-11-3-6-13(18)14(9-11)20-15(21)10-1-4-12(5-2-10)22-16-19-7-8-23-16/h1-9H,(H,20,21). The summed E-state index contributed by atoms with van der Waals surface area (Å²) in [5.74, 6) is 0.326. The molecule has 0 bridgehead atoms. The van der Waals surface area contributed by atoms with Gasteiger partial charge in [0.15, 0.2) is 0 Å². The summed E-state index contributed by atoms with van der Waals surface area (Å²) in [5.41, 5.74) is 0.944. The zero-order valence-electron chi connectivity index (χ0n) is 11.6. The lowest BCUT2D eigenvalue weighted by molar-refractivity contribution is 0.102. The Morgan fingerprint density at radius 3 is 2.61 bits per heavy atom. The molecular weight excluding hydrogens is 355 g/mol. The second-order valence-electron chi connectivity index (χ2n) is 4.50. The van der Waals surface area contributed by atoms with Crippen molar-refractivity contribution in [1.82, 2.24) is 4.98 Å². The number of hydrogen-bond donors (Lipinski definition) is 1. The van der Waals surface area contributed by atoms with Crippen molar-refractivity contribution in [3.8, 4) is 10.9 Å². The van der Waals surface area contributed by atoms with Gasteiger partial charge in [0.05, 0.1) is 10.7 Å². The highest BCUT2D eigenvalue weighted by atomic mass is 35.5. The maximum Gasteiger partial charge on any atom is 0.278 e. The molecule has 3 rings (SSSR count). The molecule has 0 spiro atoms. The summed E-state index contributed by atoms with van der Waals surface area (Å²) in [4.78, 5) is 16.3. The summed E-state index contributed by atoms with van der Waals surface area (Å²) in [5, 5.41) is 6.02. The Morgan fingerprint density at radius 1 is 1.13 bits per heavy atom. The molecular formula is C16H10Cl2N2O2S. The van der Waals surface area contributed by atoms with E-state index in [1.807, 2.05) is 5.38 Å². The van der Waals surface area contributed by atoms with Crippen LogP contribution in [0.1, 0.15) is 10.4 Å². The topological polar surface area (TPSA) is 51.2 Å². The van der Waals surface area contributed by atoms with Gasteiger partial charge in [0.1, 0.15) is 5.75 Å². The average molecular weight is 365 g/mol. The van der Waals surface area contributed by atoms with Gasteiger partial charge < -0.3 is 10.1 Å². The third-order valence-corrected chi connectivity index (χ3v) is 4.12. The predicted octanol–water partition coefficient (Wildman–Crippen LogP) is 5.49. The number of anilines is 1. The highest BCUT2D eigenvalue weighted by molar-refractivity contribution is 7.11. The van der Waals surface area contributed by atoms with Crippen LogP contribution in [0.4, 0.5) is 5.69 Å². The number of rotatable bonds is 4. The quantitative estimate of drug-likeness (QED) is 0.665. The number of aromatic nitrogens is 1. The number of halogens is 2. The normalized spacial score (nSPS) is 10.3. The fourth-order valence-electron chi connectivity index (χ4n) is 1.82. The maximum atomic E-state index is 12.2. The Kier molecular flexibility index (Phi) is 4.81. The zero-order chi connectivity index (χ0) is 16.2. The molecule has 1 N–H and O–H groups in total. The number of thiazole rings is 1. The van der Waals surface area contributed by atoms with Gasteiger partial charge in [-0.15, -0.1) is 0 Å². The smallest absolute Gasteiger partial charge is 0.278 e. The van der Waals surface area contributed by atoms with Crippen LogP contribution in [0.3, 0.4) is 0 Å². The third-order valence-electron chi connectivity index (χ3n) is 2.91. The van der Waals surface area contributed by atoms with Gasteiger partial charge in [0, 0.05) is 22.2 Å². The fourth-order valence-corrected chi connectivity index (χ4v) is 2.66. The minimum Gasteiger partial charge on any atom is -0.431 e. The molecule has 0 aliphatic rings. The van der Waals surface area contributed by atoms with E-state index in [0.717, 1.165) is 0 Å². The summed E-state index contributed by atoms with van der Waals surface area (Å²) in [6.07, 6.45) is 1.66. The predicted molar refractivity (Wildman–Crippen MR) is 93.0 cm³/mol. The molecule has 0 atom stereocenters. The van der Waals surface area contributed by atoms with Gasteiger partial charge in [-0.05, 0) is 42.5 Å². The van der Waals surface area contributed by atoms with Crippen LogP contribution in [0.5, 0.6) is 10.9 Å². The van der Waals surface area contributed by atoms with Gasteiger partial charge in [0.2, 0.25) is 0 Å². The van der Waals surface area contributed by atoms with Crippen LogP contribution in [-0.4, -0.2) is 10.9 Å². The number of carbonyl (C=O) groups is 1. The average Bonchev–Trinajstić information content (AvgIpc) is 3.04. The van der Waals surface area contributed by atoms with E-state index >= 15 is 0 Å². The van der Waals surface area contributed by atoms with E-state index in [2.05, 4.69) is 10.3 Å². The van der Waals surface area contributed by atoms with Crippen LogP contribution in [0.25, 0.3) is 0 Å². The lowest BCUT2D eigenvalue weighted by Gasteiger charge is -2.08. The molecule has 23 heavy (non-hydrogen) atoms. The summed E-state index contributed by atoms with van der Waals surface area (Å²) in [6.45, 7) is 0. The number of amides is 1. The summed E-state index contributed by atoms with van der Waals surface area (Å²) in [7, 11) is 0. The zero-order valence-corrected chi connectivity index (χ0v) is 14.0. The Morgan fingerprint density at radius 2 is 1.91 bits per heavy atom. The van der Waals surface area contributed by atoms with Crippen molar-refractivity contribution < 1.29 is 9.53 Å². The molecule has 0 saturated carbocycles. The molecule has 0 unspecified atom stereocenters. The van der Waals surface area contributed by atoms with Crippen molar-refractivity contribution in [2.24, 2.45) is 0 Å². The van der Waals surface area contributed by atoms with Gasteiger partial charge >= 0.3 is 0 Å². The summed E-state index contributed by atoms with van der Waals surface area (Å²) in [6, 6.07) is 11.6. The SMILES string of the molecule is O=C(Nc1cc(Cl)ccc1Cl)c1ccc(Oc2nccs2)cc1. The number of hydrogen-bond acceptors (Lipinski definition) is 4. The molecule has 2 aromatic carbocycles. The molecule has 0 aliphatic heterocycles. The molecule has 116 valence electrons. The third kappa shape index (κ3) is 4.01. The van der Waals surface area contributed by atoms with Crippen molar-refractivity contribution >= 4 is 46.1 Å². The first-order valence-electron chi connectivity index (χ1n) is 6.55. The van der Waals surface area contributed by atoms with E-state index < -0.39 is 0 Å². The van der Waals surface area contributed by atoms with E-state index in [1.165, 1.54) is 11.3 Å². The Balaban J connectivity index is 1.71. The van der Waals surface area contributed by atoms with Crippen molar-refractivity contribution in [1.29, 1.82) is 0 Å². The Hall–Kier alpha value is -2.08. The monoisotopic (exact) mass is 364 g/mol. The van der Waals surface area contributed by atoms with Crippen molar-refractivity contribution in [2.75, 3.05) is 5.32 Å². The first-order chi connectivity index (χ1) is 11.1. The largest absolute Gasteiger partial charge is 0.431 e. The molecule has 1 heterocycles. The minimum atomic E-state index is -0.282. The van der Waals surface area contributed by atoms with Gasteiger partial charge in [-0.3, -0.25) is 4.79 Å². The van der Waals surface area contributed by atoms with Crippen LogP contribution in [0, 0.1) is 0 Å². The highest BCUT2D eigenvalue weighted by Gasteiger charge is 2.09. The lowest BCUT2D eigenvalue weighted by atomic mass is 10.2. The van der Waals surface area contributed by atoms with Gasteiger partial charge in [-0.1, -0.05) is 34.5 Å². The number of nitrogens with zero attached hydrogens (tertiary/aromatic N) is 1. The van der Waals surface area contributed by atoms with E-state index in [0.29, 0.717) is 32.2 Å². The molecule has 0 radical (unpaired) electrons. The number of nitrogens with one attached hydrogen (secondary N) is 1. The van der Waals surface area contributed by atoms with E-state index in [1.54, 1.807) is 48.7 Å². The molecule has 1 amide bonds. The first kappa shape index (κ1) is 15.8. The molecule has 4 nitrogen and oxygen atoms in total. The van der Waals surface area contributed by atoms with Gasteiger partial charge in [0.25, 0.3) is 11.1 Å². The van der Waals surface area contributed by atoms with Crippen LogP contribution < -0.4 is 10.1 Å². The number of carbonyl (C=O) groups excluding carboxylic acids is 1. The molecule has 7 heteroatoms. The molecule has 1 aromatic heterocycles. The fraction of sp³-hybridized carbons (Fsp3) is 0. The van der Waals surface area contributed by atoms with Crippen LogP contribution >= 0.6 is 34.5 Å². The first-order valence-corrected chi connectivity index (χ1v) is 8.19. The molecule has 0 aliphatic carbocycles. The van der Waals surface area contributed by atoms with Crippen molar-refractivity contribution in [2.45, 2.75) is 0 Å². The van der Waals surface area contributed by atoms with Gasteiger partial charge in [-0.2, -0.15) is 0 Å². The summed E-state index contributed by atoms with van der Waals surface area (Å²) >= 11 is 13.3. The van der Waals surface area contributed by atoms with E-state index in [4.69, 9.17) is 27.9 Å². The molecule has 3 aromatic rings. The number of ether oxygens (including phenoxy) is 1. The second kappa shape index (κ2) is 7.00. The van der Waals surface area contributed by atoms with Crippen LogP contribution in [-0.2, 0) is 0 Å². The summed E-state index contributed by atoms with van der Waals surface area (Å²) < 4.78 is 5.54. The van der Waals surface area contributed by atoms with E-state index in [-0.39, 0.29) is 5.91 Å². The van der Waals surface area contributed by atoms with Gasteiger partial charge in [-0.25, -0.2) is 4.98 Å². The number of benzene rings is 2. The lowest BCUT2D eigenvalue weighted by Crippen LogP contribution is -2.12. The highest BCUT2D eigenvalue weighted by Crippen LogP contribution is 2.27. The minimum absolute atomic E-state index is 0.282. The van der Waals surface area contributed by atoms with E-state index in [9.17, 15) is 4.79 Å². The van der Waals surface area contributed by atoms with Crippen LogP contribution in [0.15, 0.2) is 54.0 Å². The Labute approximate surface area is 146 Å². The van der Waals surface area contributed by atoms with Crippen molar-refractivity contribution in [3.63, 3.8) is 0 Å². The Bertz CT molecular complexity index is 821. The molecule has 0 saturated heterocycles. The molecule has 0 fully saturated rings. The van der Waals surface area contributed by atoms with Crippen LogP contribution in [0.2, 0.25) is 10.0 Å². The second-order valence-corrected chi connectivity index (χ2v) is 6.20.